The molecular formula is C18H23N5O4S. The molecular weight excluding hydrogens is 382 g/mol. The highest BCUT2D eigenvalue weighted by Crippen LogP contribution is 2.19. The van der Waals surface area contributed by atoms with E-state index < -0.39 is 10.0 Å². The number of benzene rings is 1. The Morgan fingerprint density at radius 1 is 1.00 bits per heavy atom. The van der Waals surface area contributed by atoms with Gasteiger partial charge in [0.15, 0.2) is 0 Å². The number of likely N-dealkylation sites (tertiary alicyclic amines) is 1. The van der Waals surface area contributed by atoms with E-state index in [0.717, 1.165) is 21.9 Å². The van der Waals surface area contributed by atoms with Crippen LogP contribution in [0.15, 0.2) is 24.3 Å². The van der Waals surface area contributed by atoms with Crippen molar-refractivity contribution in [1.82, 2.24) is 19.2 Å². The van der Waals surface area contributed by atoms with Crippen molar-refractivity contribution in [1.29, 1.82) is 0 Å². The second-order valence-corrected chi connectivity index (χ2v) is 9.16. The zero-order chi connectivity index (χ0) is 19.7. The molecule has 4 rings (SSSR count). The molecule has 0 spiro atoms. The Morgan fingerprint density at radius 3 is 2.36 bits per heavy atom. The zero-order valence-electron chi connectivity index (χ0n) is 15.5. The van der Waals surface area contributed by atoms with Gasteiger partial charge in [-0.15, -0.1) is 0 Å². The van der Waals surface area contributed by atoms with Gasteiger partial charge in [0.1, 0.15) is 0 Å². The fraction of sp³-hybridized carbons (Fsp3) is 0.500. The van der Waals surface area contributed by atoms with E-state index in [4.69, 9.17) is 0 Å². The van der Waals surface area contributed by atoms with E-state index in [2.05, 4.69) is 9.97 Å². The van der Waals surface area contributed by atoms with Gasteiger partial charge in [-0.2, -0.15) is 4.31 Å². The van der Waals surface area contributed by atoms with E-state index in [-0.39, 0.29) is 24.1 Å². The molecule has 1 N–H and O–H groups in total. The topological polar surface area (TPSA) is 107 Å². The fourth-order valence-electron chi connectivity index (χ4n) is 3.65. The van der Waals surface area contributed by atoms with Crippen molar-refractivity contribution >= 4 is 38.8 Å². The number of piperazine rings is 1. The summed E-state index contributed by atoms with van der Waals surface area (Å²) in [5.74, 6) is -0.0418. The number of carbonyl (C=O) groups excluding carboxylic acids is 2. The lowest BCUT2D eigenvalue weighted by Gasteiger charge is -2.34. The van der Waals surface area contributed by atoms with Crippen LogP contribution >= 0.6 is 0 Å². The number of para-hydroxylation sites is 2. The molecule has 2 aliphatic rings. The van der Waals surface area contributed by atoms with Crippen LogP contribution in [0.3, 0.4) is 0 Å². The van der Waals surface area contributed by atoms with E-state index in [1.54, 1.807) is 0 Å². The Morgan fingerprint density at radius 2 is 1.68 bits per heavy atom. The van der Waals surface area contributed by atoms with Crippen molar-refractivity contribution < 1.29 is 18.0 Å². The number of piperidine rings is 1. The van der Waals surface area contributed by atoms with Gasteiger partial charge < -0.3 is 9.88 Å². The number of anilines is 1. The molecule has 0 aliphatic carbocycles. The van der Waals surface area contributed by atoms with Crippen molar-refractivity contribution in [3.63, 3.8) is 0 Å². The number of H-pyrrole nitrogens is 1. The molecule has 28 heavy (non-hydrogen) atoms. The lowest BCUT2D eigenvalue weighted by molar-refractivity contribution is -0.147. The van der Waals surface area contributed by atoms with Crippen LogP contribution in [-0.4, -0.2) is 77.9 Å². The smallest absolute Gasteiger partial charge is 0.229 e. The summed E-state index contributed by atoms with van der Waals surface area (Å²) < 4.78 is 26.8. The maximum atomic E-state index is 12.7. The monoisotopic (exact) mass is 405 g/mol. The number of hydrogen-bond donors (Lipinski definition) is 1. The average molecular weight is 405 g/mol. The van der Waals surface area contributed by atoms with E-state index in [9.17, 15) is 18.0 Å². The molecule has 0 unspecified atom stereocenters. The van der Waals surface area contributed by atoms with Crippen molar-refractivity contribution in [2.45, 2.75) is 19.3 Å². The lowest BCUT2D eigenvalue weighted by atomic mass is 10.1. The van der Waals surface area contributed by atoms with Crippen LogP contribution in [0.4, 0.5) is 5.95 Å². The molecule has 2 saturated heterocycles. The second-order valence-electron chi connectivity index (χ2n) is 7.07. The van der Waals surface area contributed by atoms with Crippen molar-refractivity contribution in [3.05, 3.63) is 24.3 Å². The third kappa shape index (κ3) is 3.74. The minimum atomic E-state index is -3.53. The maximum absolute atomic E-state index is 12.7. The second kappa shape index (κ2) is 7.51. The zero-order valence-corrected chi connectivity index (χ0v) is 16.3. The molecule has 1 aromatic heterocycles. The molecule has 0 radical (unpaired) electrons. The summed E-state index contributed by atoms with van der Waals surface area (Å²) in [4.78, 5) is 34.6. The van der Waals surface area contributed by atoms with Gasteiger partial charge in [-0.3, -0.25) is 14.5 Å². The number of fused-ring (bicyclic) bond motifs is 1. The third-order valence-corrected chi connectivity index (χ3v) is 7.12. The van der Waals surface area contributed by atoms with Crippen LogP contribution < -0.4 is 4.90 Å². The maximum Gasteiger partial charge on any atom is 0.229 e. The summed E-state index contributed by atoms with van der Waals surface area (Å²) in [7, 11) is -3.53. The first-order valence-electron chi connectivity index (χ1n) is 9.45. The molecule has 3 heterocycles. The molecule has 0 bridgehead atoms. The van der Waals surface area contributed by atoms with Gasteiger partial charge in [0.05, 0.1) is 16.8 Å². The number of imide groups is 1. The number of imidazole rings is 1. The lowest BCUT2D eigenvalue weighted by Crippen LogP contribution is -2.51. The Bertz CT molecular complexity index is 945. The van der Waals surface area contributed by atoms with Gasteiger partial charge in [0, 0.05) is 45.6 Å². The van der Waals surface area contributed by atoms with E-state index in [1.165, 1.54) is 4.31 Å². The molecule has 2 fully saturated rings. The third-order valence-electron chi connectivity index (χ3n) is 5.26. The number of sulfonamides is 1. The first kappa shape index (κ1) is 18.9. The number of nitrogens with one attached hydrogen (secondary N) is 1. The van der Waals surface area contributed by atoms with E-state index in [1.807, 2.05) is 29.2 Å². The van der Waals surface area contributed by atoms with Crippen molar-refractivity contribution in [3.8, 4) is 0 Å². The Hall–Kier alpha value is -2.46. The summed E-state index contributed by atoms with van der Waals surface area (Å²) in [5.41, 5.74) is 1.83. The quantitative estimate of drug-likeness (QED) is 0.729. The number of aromatic amines is 1. The van der Waals surface area contributed by atoms with Crippen molar-refractivity contribution in [2.24, 2.45) is 0 Å². The van der Waals surface area contributed by atoms with Crippen LogP contribution in [-0.2, 0) is 19.6 Å². The van der Waals surface area contributed by atoms with Gasteiger partial charge in [-0.05, 0) is 18.6 Å². The molecule has 2 aliphatic heterocycles. The number of hydrogen-bond acceptors (Lipinski definition) is 6. The molecule has 2 amide bonds. The number of carbonyl (C=O) groups is 2. The number of amides is 2. The highest BCUT2D eigenvalue weighted by Gasteiger charge is 2.31. The average Bonchev–Trinajstić information content (AvgIpc) is 3.12. The number of nitrogens with zero attached hydrogens (tertiary/aromatic N) is 4. The molecule has 2 aromatic rings. The molecule has 150 valence electrons. The predicted molar refractivity (Wildman–Crippen MR) is 104 cm³/mol. The number of rotatable bonds is 5. The first-order chi connectivity index (χ1) is 13.4. The molecule has 9 nitrogen and oxygen atoms in total. The fourth-order valence-corrected chi connectivity index (χ4v) is 5.04. The Labute approximate surface area is 163 Å². The Balaban J connectivity index is 1.35. The highest BCUT2D eigenvalue weighted by atomic mass is 32.2. The minimum absolute atomic E-state index is 0.0657. The molecule has 0 saturated carbocycles. The molecule has 1 aromatic carbocycles. The van der Waals surface area contributed by atoms with Gasteiger partial charge in [-0.1, -0.05) is 12.1 Å². The predicted octanol–water partition coefficient (Wildman–Crippen LogP) is 0.554. The van der Waals surface area contributed by atoms with Gasteiger partial charge >= 0.3 is 0 Å². The summed E-state index contributed by atoms with van der Waals surface area (Å²) in [6.07, 6.45) is 1.16. The van der Waals surface area contributed by atoms with Crippen LogP contribution in [0, 0.1) is 0 Å². The normalized spacial score (nSPS) is 19.6. The largest absolute Gasteiger partial charge is 0.340 e. The van der Waals surface area contributed by atoms with Crippen LogP contribution in [0.2, 0.25) is 0 Å². The Kier molecular flexibility index (Phi) is 5.07. The highest BCUT2D eigenvalue weighted by molar-refractivity contribution is 7.89. The molecule has 0 atom stereocenters. The van der Waals surface area contributed by atoms with Crippen molar-refractivity contribution in [2.75, 3.05) is 43.4 Å². The SMILES string of the molecule is O=C1CCCC(=O)N1CCS(=O)(=O)N1CCN(c2nc3ccccc3[nH]2)CC1. The van der Waals surface area contributed by atoms with Gasteiger partial charge in [-0.25, -0.2) is 13.4 Å². The summed E-state index contributed by atoms with van der Waals surface area (Å²) in [6, 6.07) is 7.75. The van der Waals surface area contributed by atoms with Crippen LogP contribution in [0.5, 0.6) is 0 Å². The summed E-state index contributed by atoms with van der Waals surface area (Å²) in [6.45, 7) is 1.69. The standard InChI is InChI=1S/C18H23N5O4S/c24-16-6-3-7-17(25)23(16)12-13-28(26,27)22-10-8-21(9-11-22)18-19-14-4-1-2-5-15(14)20-18/h1-2,4-5H,3,6-13H2,(H,19,20). The minimum Gasteiger partial charge on any atom is -0.340 e. The summed E-state index contributed by atoms with van der Waals surface area (Å²) >= 11 is 0. The van der Waals surface area contributed by atoms with Gasteiger partial charge in [0.2, 0.25) is 27.8 Å². The van der Waals surface area contributed by atoms with Crippen LogP contribution in [0.25, 0.3) is 11.0 Å². The molecule has 10 heteroatoms. The van der Waals surface area contributed by atoms with Gasteiger partial charge in [0.25, 0.3) is 0 Å². The van der Waals surface area contributed by atoms with E-state index >= 15 is 0 Å². The van der Waals surface area contributed by atoms with E-state index in [0.29, 0.717) is 45.4 Å². The van der Waals surface area contributed by atoms with Crippen LogP contribution in [0.1, 0.15) is 19.3 Å². The first-order valence-corrected chi connectivity index (χ1v) is 11.1. The number of aromatic nitrogens is 2. The summed E-state index contributed by atoms with van der Waals surface area (Å²) in [5, 5.41) is 0.